The Morgan fingerprint density at radius 1 is 0.967 bits per heavy atom. The molecule has 162 valence electrons. The predicted molar refractivity (Wildman–Crippen MR) is 130 cm³/mol. The average molecular weight is 513 g/mol. The molecule has 1 aliphatic rings. The van der Waals surface area contributed by atoms with Crippen molar-refractivity contribution in [2.24, 2.45) is 0 Å². The van der Waals surface area contributed by atoms with Gasteiger partial charge in [-0.3, -0.25) is 4.79 Å². The minimum atomic E-state index is -0.240. The maximum atomic E-state index is 11.5. The fourth-order valence-corrected chi connectivity index (χ4v) is 8.20. The van der Waals surface area contributed by atoms with Gasteiger partial charge in [0.2, 0.25) is 0 Å². The van der Waals surface area contributed by atoms with E-state index >= 15 is 0 Å². The van der Waals surface area contributed by atoms with E-state index in [1.807, 2.05) is 0 Å². The molecule has 0 saturated carbocycles. The summed E-state index contributed by atoms with van der Waals surface area (Å²) < 4.78 is 8.86. The molecule has 0 bridgehead atoms. The van der Waals surface area contributed by atoms with E-state index in [0.29, 0.717) is 0 Å². The summed E-state index contributed by atoms with van der Waals surface area (Å²) in [6.07, 6.45) is 8.53. The van der Waals surface area contributed by atoms with Gasteiger partial charge in [0.05, 0.1) is 0 Å². The SMILES string of the molecule is CCC[CH2][Sn][CH2]CCC.CCc1cc2c(c(OC(C)=O)c1CC)Cc1ccccc1-2. The summed E-state index contributed by atoms with van der Waals surface area (Å²) in [4.78, 5) is 11.5. The maximum Gasteiger partial charge on any atom is 0.308 e. The normalized spacial score (nSPS) is 11.4. The second-order valence-electron chi connectivity index (χ2n) is 7.96. The molecule has 0 fully saturated rings. The number of aryl methyl sites for hydroxylation is 1. The van der Waals surface area contributed by atoms with Crippen LogP contribution in [0.1, 0.15) is 82.6 Å². The van der Waals surface area contributed by atoms with Crippen LogP contribution in [0.25, 0.3) is 11.1 Å². The van der Waals surface area contributed by atoms with Gasteiger partial charge >= 0.3 is 75.5 Å². The fraction of sp³-hybridized carbons (Fsp3) is 0.519. The van der Waals surface area contributed by atoms with Crippen LogP contribution in [-0.2, 0) is 24.1 Å². The molecule has 2 nitrogen and oxygen atoms in total. The Morgan fingerprint density at radius 2 is 1.63 bits per heavy atom. The monoisotopic (exact) mass is 514 g/mol. The molecule has 30 heavy (non-hydrogen) atoms. The van der Waals surface area contributed by atoms with Crippen molar-refractivity contribution in [2.45, 2.75) is 88.4 Å². The van der Waals surface area contributed by atoms with Gasteiger partial charge in [0.1, 0.15) is 5.75 Å². The zero-order valence-corrected chi connectivity index (χ0v) is 22.4. The Bertz CT molecular complexity index is 820. The molecular weight excluding hydrogens is 475 g/mol. The molecule has 2 radical (unpaired) electrons. The van der Waals surface area contributed by atoms with Crippen LogP contribution in [0.2, 0.25) is 8.87 Å². The summed E-state index contributed by atoms with van der Waals surface area (Å²) in [5.74, 6) is 0.562. The molecule has 0 unspecified atom stereocenters. The van der Waals surface area contributed by atoms with Gasteiger partial charge in [-0.2, -0.15) is 0 Å². The summed E-state index contributed by atoms with van der Waals surface area (Å²) in [5, 5.41) is 0. The van der Waals surface area contributed by atoms with Crippen molar-refractivity contribution in [1.29, 1.82) is 0 Å². The van der Waals surface area contributed by atoms with Crippen molar-refractivity contribution in [1.82, 2.24) is 0 Å². The molecule has 0 heterocycles. The number of unbranched alkanes of at least 4 members (excludes halogenated alkanes) is 2. The predicted octanol–water partition coefficient (Wildman–Crippen LogP) is 7.44. The van der Waals surface area contributed by atoms with Crippen molar-refractivity contribution >= 4 is 27.1 Å². The molecule has 3 rings (SSSR count). The number of rotatable bonds is 9. The number of carbonyl (C=O) groups excluding carboxylic acids is 1. The Balaban J connectivity index is 0.000000303. The van der Waals surface area contributed by atoms with E-state index in [9.17, 15) is 4.79 Å². The molecule has 0 atom stereocenters. The number of carbonyl (C=O) groups is 1. The maximum absolute atomic E-state index is 11.5. The first-order valence-electron chi connectivity index (χ1n) is 11.7. The first-order valence-corrected chi connectivity index (χ1v) is 15.8. The third-order valence-corrected chi connectivity index (χ3v) is 9.69. The minimum Gasteiger partial charge on any atom is -0.426 e. The number of esters is 1. The molecule has 0 spiro atoms. The number of ether oxygens (including phenoxy) is 1. The second-order valence-corrected chi connectivity index (χ2v) is 12.2. The second kappa shape index (κ2) is 13.2. The van der Waals surface area contributed by atoms with Gasteiger partial charge < -0.3 is 4.74 Å². The Kier molecular flexibility index (Phi) is 11.0. The van der Waals surface area contributed by atoms with Crippen LogP contribution in [0.3, 0.4) is 0 Å². The number of hydrogen-bond donors (Lipinski definition) is 0. The van der Waals surface area contributed by atoms with Crippen molar-refractivity contribution in [3.63, 3.8) is 0 Å². The van der Waals surface area contributed by atoms with Gasteiger partial charge in [-0.05, 0) is 40.7 Å². The van der Waals surface area contributed by atoms with Crippen LogP contribution in [0.5, 0.6) is 5.75 Å². The number of fused-ring (bicyclic) bond motifs is 3. The van der Waals surface area contributed by atoms with Crippen molar-refractivity contribution in [2.75, 3.05) is 0 Å². The van der Waals surface area contributed by atoms with E-state index < -0.39 is 0 Å². The van der Waals surface area contributed by atoms with E-state index in [-0.39, 0.29) is 27.1 Å². The summed E-state index contributed by atoms with van der Waals surface area (Å²) in [7, 11) is 0. The van der Waals surface area contributed by atoms with Crippen molar-refractivity contribution < 1.29 is 9.53 Å². The molecule has 2 aromatic carbocycles. The van der Waals surface area contributed by atoms with E-state index in [2.05, 4.69) is 58.0 Å². The Morgan fingerprint density at radius 3 is 2.20 bits per heavy atom. The smallest absolute Gasteiger partial charge is 0.308 e. The number of benzene rings is 2. The summed E-state index contributed by atoms with van der Waals surface area (Å²) in [5.41, 5.74) is 7.45. The first kappa shape index (κ1) is 25.0. The van der Waals surface area contributed by atoms with E-state index in [0.717, 1.165) is 25.0 Å². The average Bonchev–Trinajstić information content (AvgIpc) is 3.12. The molecular formula is C27H38O2Sn. The quantitative estimate of drug-likeness (QED) is 0.129. The first-order chi connectivity index (χ1) is 14.6. The van der Waals surface area contributed by atoms with Gasteiger partial charge in [0.25, 0.3) is 0 Å². The van der Waals surface area contributed by atoms with E-state index in [1.165, 1.54) is 66.0 Å². The number of hydrogen-bond acceptors (Lipinski definition) is 2. The van der Waals surface area contributed by atoms with E-state index in [1.54, 1.807) is 8.87 Å². The van der Waals surface area contributed by atoms with Gasteiger partial charge in [-0.15, -0.1) is 0 Å². The van der Waals surface area contributed by atoms with Crippen LogP contribution < -0.4 is 4.74 Å². The Hall–Kier alpha value is -1.29. The third-order valence-electron chi connectivity index (χ3n) is 5.65. The third kappa shape index (κ3) is 6.60. The molecule has 0 saturated heterocycles. The zero-order valence-electron chi connectivity index (χ0n) is 19.6. The van der Waals surface area contributed by atoms with Gasteiger partial charge in [-0.1, -0.05) is 44.2 Å². The van der Waals surface area contributed by atoms with Gasteiger partial charge in [0, 0.05) is 18.9 Å². The van der Waals surface area contributed by atoms with E-state index in [4.69, 9.17) is 4.74 Å². The Labute approximate surface area is 194 Å². The van der Waals surface area contributed by atoms with Gasteiger partial charge in [-0.25, -0.2) is 0 Å². The molecule has 3 heteroatoms. The van der Waals surface area contributed by atoms with Crippen molar-refractivity contribution in [3.05, 3.63) is 52.6 Å². The molecule has 0 aliphatic heterocycles. The summed E-state index contributed by atoms with van der Waals surface area (Å²) in [6.45, 7) is 10.3. The minimum absolute atomic E-state index is 0.149. The van der Waals surface area contributed by atoms with Crippen LogP contribution in [-0.4, -0.2) is 27.1 Å². The summed E-state index contributed by atoms with van der Waals surface area (Å²) in [6, 6.07) is 10.7. The molecule has 2 aromatic rings. The molecule has 0 aromatic heterocycles. The van der Waals surface area contributed by atoms with Crippen LogP contribution in [0.15, 0.2) is 30.3 Å². The van der Waals surface area contributed by atoms with Crippen LogP contribution in [0, 0.1) is 0 Å². The van der Waals surface area contributed by atoms with Crippen LogP contribution >= 0.6 is 0 Å². The topological polar surface area (TPSA) is 26.3 Å². The molecule has 1 aliphatic carbocycles. The largest absolute Gasteiger partial charge is 0.426 e. The van der Waals surface area contributed by atoms with Crippen LogP contribution in [0.4, 0.5) is 0 Å². The molecule has 0 amide bonds. The van der Waals surface area contributed by atoms with Crippen molar-refractivity contribution in [3.8, 4) is 16.9 Å². The van der Waals surface area contributed by atoms with Gasteiger partial charge in [0.15, 0.2) is 0 Å². The summed E-state index contributed by atoms with van der Waals surface area (Å²) >= 11 is 0.149. The zero-order chi connectivity index (χ0) is 21.9. The fourth-order valence-electron chi connectivity index (χ4n) is 4.04. The molecule has 0 N–H and O–H groups in total. The standard InChI is InChI=1S/C19H20O2.2C4H9.Sn/c1-4-13-10-17-16-9-7-6-8-14(16)11-18(17)19(15(13)5-2)21-12(3)20;2*1-3-4-2;/h6-10H,4-5,11H2,1-3H3;2*1,3-4H2,2H3;.